The Hall–Kier alpha value is -1.32. The summed E-state index contributed by atoms with van der Waals surface area (Å²) in [6.07, 6.45) is 5.63. The molecule has 0 rings (SSSR count). The quantitative estimate of drug-likeness (QED) is 0.553. The molecule has 4 heteroatoms. The number of amides is 2. The molecule has 0 saturated carbocycles. The molecule has 4 N–H and O–H groups in total. The third kappa shape index (κ3) is 8.68. The lowest BCUT2D eigenvalue weighted by atomic mass is 10.2. The summed E-state index contributed by atoms with van der Waals surface area (Å²) in [5.74, 6) is -0.621. The Labute approximate surface area is 71.6 Å². The SMILES string of the molecule is NC(=O)CC/C=C\CCC(N)=O. The van der Waals surface area contributed by atoms with Crippen LogP contribution in [0.5, 0.6) is 0 Å². The molecule has 68 valence electrons. The Kier molecular flexibility index (Phi) is 5.69. The van der Waals surface area contributed by atoms with E-state index >= 15 is 0 Å². The van der Waals surface area contributed by atoms with Gasteiger partial charge in [-0.15, -0.1) is 0 Å². The number of hydrogen-bond donors (Lipinski definition) is 2. The second-order valence-corrected chi connectivity index (χ2v) is 2.48. The van der Waals surface area contributed by atoms with Crippen molar-refractivity contribution in [3.63, 3.8) is 0 Å². The topological polar surface area (TPSA) is 86.2 Å². The predicted molar refractivity (Wildman–Crippen MR) is 46.0 cm³/mol. The maximum Gasteiger partial charge on any atom is 0.217 e. The molecule has 0 aliphatic heterocycles. The van der Waals surface area contributed by atoms with E-state index in [9.17, 15) is 9.59 Å². The third-order valence-corrected chi connectivity index (χ3v) is 1.28. The van der Waals surface area contributed by atoms with Crippen LogP contribution in [-0.2, 0) is 9.59 Å². The highest BCUT2D eigenvalue weighted by Crippen LogP contribution is 1.94. The number of hydrogen-bond acceptors (Lipinski definition) is 2. The van der Waals surface area contributed by atoms with Gasteiger partial charge in [-0.3, -0.25) is 9.59 Å². The van der Waals surface area contributed by atoms with Crippen LogP contribution in [0.2, 0.25) is 0 Å². The molecule has 0 aromatic carbocycles. The minimum absolute atomic E-state index is 0.311. The fraction of sp³-hybridized carbons (Fsp3) is 0.500. The summed E-state index contributed by atoms with van der Waals surface area (Å²) in [4.78, 5) is 20.5. The summed E-state index contributed by atoms with van der Waals surface area (Å²) in [6, 6.07) is 0. The van der Waals surface area contributed by atoms with Gasteiger partial charge in [0.15, 0.2) is 0 Å². The van der Waals surface area contributed by atoms with E-state index in [1.165, 1.54) is 0 Å². The van der Waals surface area contributed by atoms with Crippen molar-refractivity contribution in [3.05, 3.63) is 12.2 Å². The summed E-state index contributed by atoms with van der Waals surface area (Å²) in [7, 11) is 0. The van der Waals surface area contributed by atoms with Crippen molar-refractivity contribution in [2.45, 2.75) is 25.7 Å². The van der Waals surface area contributed by atoms with Gasteiger partial charge >= 0.3 is 0 Å². The van der Waals surface area contributed by atoms with Crippen LogP contribution in [-0.4, -0.2) is 11.8 Å². The van der Waals surface area contributed by atoms with E-state index in [2.05, 4.69) is 0 Å². The van der Waals surface area contributed by atoms with Crippen LogP contribution in [0.1, 0.15) is 25.7 Å². The molecule has 0 bridgehead atoms. The van der Waals surface area contributed by atoms with Gasteiger partial charge < -0.3 is 11.5 Å². The van der Waals surface area contributed by atoms with Crippen LogP contribution in [0.15, 0.2) is 12.2 Å². The minimum Gasteiger partial charge on any atom is -0.370 e. The van der Waals surface area contributed by atoms with Gasteiger partial charge in [0.05, 0.1) is 0 Å². The molecule has 0 aliphatic carbocycles. The number of primary amides is 2. The summed E-state index contributed by atoms with van der Waals surface area (Å²) in [6.45, 7) is 0. The molecule has 0 aromatic rings. The van der Waals surface area contributed by atoms with E-state index < -0.39 is 0 Å². The largest absolute Gasteiger partial charge is 0.370 e. The van der Waals surface area contributed by atoms with Crippen molar-refractivity contribution >= 4 is 11.8 Å². The molecule has 0 fully saturated rings. The molecule has 12 heavy (non-hydrogen) atoms. The molecule has 0 aliphatic rings. The highest BCUT2D eigenvalue weighted by atomic mass is 16.1. The van der Waals surface area contributed by atoms with E-state index in [-0.39, 0.29) is 11.8 Å². The minimum atomic E-state index is -0.311. The lowest BCUT2D eigenvalue weighted by molar-refractivity contribution is -0.118. The fourth-order valence-electron chi connectivity index (χ4n) is 0.687. The summed E-state index contributed by atoms with van der Waals surface area (Å²) in [5.41, 5.74) is 9.82. The summed E-state index contributed by atoms with van der Waals surface area (Å²) >= 11 is 0. The van der Waals surface area contributed by atoms with Gasteiger partial charge in [0.1, 0.15) is 0 Å². The van der Waals surface area contributed by atoms with Gasteiger partial charge in [-0.2, -0.15) is 0 Å². The molecule has 0 radical (unpaired) electrons. The van der Waals surface area contributed by atoms with Crippen LogP contribution in [0.25, 0.3) is 0 Å². The lowest BCUT2D eigenvalue weighted by Gasteiger charge is -1.89. The first kappa shape index (κ1) is 10.7. The van der Waals surface area contributed by atoms with Gasteiger partial charge in [-0.25, -0.2) is 0 Å². The molecule has 0 aromatic heterocycles. The Morgan fingerprint density at radius 3 is 1.50 bits per heavy atom. The molecule has 0 heterocycles. The first-order valence-corrected chi connectivity index (χ1v) is 3.84. The van der Waals surface area contributed by atoms with E-state index in [0.717, 1.165) is 0 Å². The zero-order valence-corrected chi connectivity index (χ0v) is 6.95. The fourth-order valence-corrected chi connectivity index (χ4v) is 0.687. The van der Waals surface area contributed by atoms with Crippen molar-refractivity contribution in [3.8, 4) is 0 Å². The first-order chi connectivity index (χ1) is 5.63. The number of rotatable bonds is 6. The van der Waals surface area contributed by atoms with Crippen molar-refractivity contribution in [2.75, 3.05) is 0 Å². The van der Waals surface area contributed by atoms with Gasteiger partial charge in [0.2, 0.25) is 11.8 Å². The van der Waals surface area contributed by atoms with E-state index in [0.29, 0.717) is 25.7 Å². The monoisotopic (exact) mass is 170 g/mol. The van der Waals surface area contributed by atoms with Crippen LogP contribution in [0, 0.1) is 0 Å². The number of carbonyl (C=O) groups is 2. The van der Waals surface area contributed by atoms with Crippen molar-refractivity contribution in [1.29, 1.82) is 0 Å². The second-order valence-electron chi connectivity index (χ2n) is 2.48. The standard InChI is InChI=1S/C8H14N2O2/c9-7(11)5-3-1-2-4-6-8(10)12/h1-2H,3-6H2,(H2,9,11)(H2,10,12)/b2-1-. The lowest BCUT2D eigenvalue weighted by Crippen LogP contribution is -2.09. The highest BCUT2D eigenvalue weighted by molar-refractivity contribution is 5.74. The Bertz CT molecular complexity index is 167. The molecule has 0 saturated heterocycles. The zero-order valence-electron chi connectivity index (χ0n) is 6.95. The molecule has 0 unspecified atom stereocenters. The average molecular weight is 170 g/mol. The van der Waals surface area contributed by atoms with Crippen LogP contribution >= 0.6 is 0 Å². The molecule has 2 amide bonds. The maximum absolute atomic E-state index is 10.3. The molecular formula is C8H14N2O2. The predicted octanol–water partition coefficient (Wildman–Crippen LogP) is 0.0736. The average Bonchev–Trinajstić information content (AvgIpc) is 1.95. The van der Waals surface area contributed by atoms with Crippen LogP contribution < -0.4 is 11.5 Å². The summed E-state index contributed by atoms with van der Waals surface area (Å²) in [5, 5.41) is 0. The van der Waals surface area contributed by atoms with Gasteiger partial charge in [0, 0.05) is 12.8 Å². The van der Waals surface area contributed by atoms with E-state index in [1.54, 1.807) is 0 Å². The number of allylic oxidation sites excluding steroid dienone is 2. The van der Waals surface area contributed by atoms with Crippen LogP contribution in [0.3, 0.4) is 0 Å². The van der Waals surface area contributed by atoms with Crippen molar-refractivity contribution in [2.24, 2.45) is 11.5 Å². The third-order valence-electron chi connectivity index (χ3n) is 1.28. The first-order valence-electron chi connectivity index (χ1n) is 3.84. The number of nitrogens with two attached hydrogens (primary N) is 2. The van der Waals surface area contributed by atoms with Crippen LogP contribution in [0.4, 0.5) is 0 Å². The number of carbonyl (C=O) groups excluding carboxylic acids is 2. The molecule has 0 spiro atoms. The maximum atomic E-state index is 10.3. The van der Waals surface area contributed by atoms with E-state index in [1.807, 2.05) is 12.2 Å². The van der Waals surface area contributed by atoms with Crippen molar-refractivity contribution in [1.82, 2.24) is 0 Å². The van der Waals surface area contributed by atoms with Gasteiger partial charge in [0.25, 0.3) is 0 Å². The normalized spacial score (nSPS) is 10.3. The molecule has 4 nitrogen and oxygen atoms in total. The molecular weight excluding hydrogens is 156 g/mol. The van der Waals surface area contributed by atoms with E-state index in [4.69, 9.17) is 11.5 Å². The Morgan fingerprint density at radius 2 is 1.25 bits per heavy atom. The summed E-state index contributed by atoms with van der Waals surface area (Å²) < 4.78 is 0. The second kappa shape index (κ2) is 6.39. The Morgan fingerprint density at radius 1 is 0.917 bits per heavy atom. The van der Waals surface area contributed by atoms with Gasteiger partial charge in [-0.1, -0.05) is 12.2 Å². The Balaban J connectivity index is 3.26. The smallest absolute Gasteiger partial charge is 0.217 e. The zero-order chi connectivity index (χ0) is 9.40. The highest BCUT2D eigenvalue weighted by Gasteiger charge is 1.90. The molecule has 0 atom stereocenters. The van der Waals surface area contributed by atoms with Gasteiger partial charge in [-0.05, 0) is 12.8 Å². The van der Waals surface area contributed by atoms with Crippen molar-refractivity contribution < 1.29 is 9.59 Å².